The van der Waals surface area contributed by atoms with Crippen molar-refractivity contribution in [3.05, 3.63) is 53.2 Å². The van der Waals surface area contributed by atoms with Gasteiger partial charge in [-0.15, -0.1) is 0 Å². The first kappa shape index (κ1) is 14.8. The maximum atomic E-state index is 8.74. The van der Waals surface area contributed by atoms with Gasteiger partial charge in [0.25, 0.3) is 0 Å². The van der Waals surface area contributed by atoms with E-state index < -0.39 is 0 Å². The average molecular weight is 287 g/mol. The van der Waals surface area contributed by atoms with Crippen molar-refractivity contribution in [2.24, 2.45) is 10.9 Å². The Kier molecular flexibility index (Phi) is 4.73. The number of pyridine rings is 1. The topological polar surface area (TPSA) is 90.0 Å². The number of aromatic nitrogens is 1. The van der Waals surface area contributed by atoms with E-state index in [1.807, 2.05) is 31.2 Å². The number of methoxy groups -OCH3 is 1. The molecule has 0 saturated carbocycles. The second-order valence-electron chi connectivity index (χ2n) is 4.50. The number of hydrogen-bond acceptors (Lipinski definition) is 5. The molecule has 0 amide bonds. The summed E-state index contributed by atoms with van der Waals surface area (Å²) in [5.74, 6) is 1.04. The number of nitrogens with zero attached hydrogens (tertiary/aromatic N) is 2. The zero-order valence-corrected chi connectivity index (χ0v) is 11.9. The second kappa shape index (κ2) is 6.71. The van der Waals surface area contributed by atoms with Crippen molar-refractivity contribution in [1.82, 2.24) is 4.98 Å². The largest absolute Gasteiger partial charge is 0.439 e. The quantitative estimate of drug-likeness (QED) is 0.381. The van der Waals surface area contributed by atoms with Crippen LogP contribution in [0.3, 0.4) is 0 Å². The lowest BCUT2D eigenvalue weighted by atomic mass is 10.2. The molecule has 2 aromatic rings. The Balaban J connectivity index is 2.27. The van der Waals surface area contributed by atoms with Crippen LogP contribution in [0.1, 0.15) is 16.8 Å². The van der Waals surface area contributed by atoms with Gasteiger partial charge in [0.2, 0.25) is 5.88 Å². The van der Waals surface area contributed by atoms with Gasteiger partial charge in [-0.25, -0.2) is 4.98 Å². The highest BCUT2D eigenvalue weighted by atomic mass is 16.5. The lowest BCUT2D eigenvalue weighted by molar-refractivity contribution is 0.184. The number of hydrogen-bond donors (Lipinski definition) is 2. The maximum Gasteiger partial charge on any atom is 0.220 e. The van der Waals surface area contributed by atoms with Gasteiger partial charge in [-0.2, -0.15) is 0 Å². The summed E-state index contributed by atoms with van der Waals surface area (Å²) in [7, 11) is 1.64. The molecule has 0 aliphatic rings. The van der Waals surface area contributed by atoms with E-state index in [0.29, 0.717) is 29.5 Å². The average Bonchev–Trinajstić information content (AvgIpc) is 2.46. The summed E-state index contributed by atoms with van der Waals surface area (Å²) < 4.78 is 10.8. The van der Waals surface area contributed by atoms with E-state index in [1.165, 1.54) is 0 Å². The van der Waals surface area contributed by atoms with Crippen LogP contribution in [-0.4, -0.2) is 23.1 Å². The highest BCUT2D eigenvalue weighted by Gasteiger charge is 2.07. The summed E-state index contributed by atoms with van der Waals surface area (Å²) in [6.45, 7) is 2.32. The molecule has 1 heterocycles. The molecule has 2 rings (SSSR count). The SMILES string of the molecule is COCc1cccc(Oc2cc(/C(N)=N/O)cc(C)n2)c1. The van der Waals surface area contributed by atoms with Crippen molar-refractivity contribution in [1.29, 1.82) is 0 Å². The summed E-state index contributed by atoms with van der Waals surface area (Å²) in [5, 5.41) is 11.7. The summed E-state index contributed by atoms with van der Waals surface area (Å²) in [6, 6.07) is 10.9. The number of benzene rings is 1. The molecule has 0 unspecified atom stereocenters. The standard InChI is InChI=1S/C15H17N3O3/c1-10-6-12(15(16)18-19)8-14(17-10)21-13-5-3-4-11(7-13)9-20-2/h3-8,19H,9H2,1-2H3,(H2,16,18). The Labute approximate surface area is 122 Å². The highest BCUT2D eigenvalue weighted by Crippen LogP contribution is 2.22. The van der Waals surface area contributed by atoms with Gasteiger partial charge in [0, 0.05) is 24.4 Å². The van der Waals surface area contributed by atoms with Gasteiger partial charge in [0.15, 0.2) is 5.84 Å². The molecule has 0 aliphatic heterocycles. The third-order valence-corrected chi connectivity index (χ3v) is 2.77. The van der Waals surface area contributed by atoms with E-state index in [2.05, 4.69) is 10.1 Å². The van der Waals surface area contributed by atoms with Gasteiger partial charge in [-0.05, 0) is 30.7 Å². The monoisotopic (exact) mass is 287 g/mol. The molecular formula is C15H17N3O3. The normalized spacial score (nSPS) is 11.4. The molecule has 110 valence electrons. The molecule has 0 atom stereocenters. The Morgan fingerprint density at radius 3 is 2.86 bits per heavy atom. The third-order valence-electron chi connectivity index (χ3n) is 2.77. The van der Waals surface area contributed by atoms with E-state index in [1.54, 1.807) is 19.2 Å². The minimum atomic E-state index is 0.0125. The van der Waals surface area contributed by atoms with Crippen molar-refractivity contribution in [2.75, 3.05) is 7.11 Å². The van der Waals surface area contributed by atoms with Gasteiger partial charge in [-0.1, -0.05) is 17.3 Å². The summed E-state index contributed by atoms with van der Waals surface area (Å²) in [6.07, 6.45) is 0. The summed E-state index contributed by atoms with van der Waals surface area (Å²) in [5.41, 5.74) is 7.85. The maximum absolute atomic E-state index is 8.74. The molecule has 1 aromatic carbocycles. The van der Waals surface area contributed by atoms with Crippen LogP contribution in [0.15, 0.2) is 41.6 Å². The minimum absolute atomic E-state index is 0.0125. The Morgan fingerprint density at radius 2 is 2.14 bits per heavy atom. The lowest BCUT2D eigenvalue weighted by Gasteiger charge is -2.09. The summed E-state index contributed by atoms with van der Waals surface area (Å²) >= 11 is 0. The van der Waals surface area contributed by atoms with Crippen molar-refractivity contribution in [3.8, 4) is 11.6 Å². The fourth-order valence-electron chi connectivity index (χ4n) is 1.88. The highest BCUT2D eigenvalue weighted by molar-refractivity contribution is 5.97. The van der Waals surface area contributed by atoms with Gasteiger partial charge < -0.3 is 20.4 Å². The van der Waals surface area contributed by atoms with Crippen LogP contribution in [0.5, 0.6) is 11.6 Å². The van der Waals surface area contributed by atoms with Crippen LogP contribution in [0.2, 0.25) is 0 Å². The number of ether oxygens (including phenoxy) is 2. The fourth-order valence-corrected chi connectivity index (χ4v) is 1.88. The molecule has 6 heteroatoms. The Morgan fingerprint density at radius 1 is 1.33 bits per heavy atom. The number of rotatable bonds is 5. The first-order valence-electron chi connectivity index (χ1n) is 6.34. The van der Waals surface area contributed by atoms with Gasteiger partial charge in [0.1, 0.15) is 5.75 Å². The van der Waals surface area contributed by atoms with Crippen molar-refractivity contribution < 1.29 is 14.7 Å². The molecule has 0 spiro atoms. The molecule has 6 nitrogen and oxygen atoms in total. The van der Waals surface area contributed by atoms with Crippen LogP contribution < -0.4 is 10.5 Å². The van der Waals surface area contributed by atoms with Crippen molar-refractivity contribution >= 4 is 5.84 Å². The van der Waals surface area contributed by atoms with Gasteiger partial charge in [-0.3, -0.25) is 0 Å². The fraction of sp³-hybridized carbons (Fsp3) is 0.200. The van der Waals surface area contributed by atoms with Crippen LogP contribution in [0, 0.1) is 6.92 Å². The van der Waals surface area contributed by atoms with E-state index in [4.69, 9.17) is 20.4 Å². The van der Waals surface area contributed by atoms with E-state index in [0.717, 1.165) is 5.56 Å². The van der Waals surface area contributed by atoms with E-state index in [9.17, 15) is 0 Å². The molecule has 3 N–H and O–H groups in total. The minimum Gasteiger partial charge on any atom is -0.439 e. The van der Waals surface area contributed by atoms with Crippen molar-refractivity contribution in [2.45, 2.75) is 13.5 Å². The van der Waals surface area contributed by atoms with E-state index in [-0.39, 0.29) is 5.84 Å². The number of nitrogens with two attached hydrogens (primary N) is 1. The predicted octanol–water partition coefficient (Wildman–Crippen LogP) is 2.42. The molecule has 0 bridgehead atoms. The first-order valence-corrected chi connectivity index (χ1v) is 6.34. The summed E-state index contributed by atoms with van der Waals surface area (Å²) in [4.78, 5) is 4.28. The molecule has 21 heavy (non-hydrogen) atoms. The van der Waals surface area contributed by atoms with Crippen LogP contribution >= 0.6 is 0 Å². The second-order valence-corrected chi connectivity index (χ2v) is 4.50. The molecule has 0 saturated heterocycles. The number of amidine groups is 1. The predicted molar refractivity (Wildman–Crippen MR) is 78.7 cm³/mol. The smallest absolute Gasteiger partial charge is 0.220 e. The molecular weight excluding hydrogens is 270 g/mol. The number of aryl methyl sites for hydroxylation is 1. The zero-order chi connectivity index (χ0) is 15.2. The number of oxime groups is 1. The lowest BCUT2D eigenvalue weighted by Crippen LogP contribution is -2.13. The molecule has 0 radical (unpaired) electrons. The van der Waals surface area contributed by atoms with Crippen LogP contribution in [-0.2, 0) is 11.3 Å². The molecule has 0 aliphatic carbocycles. The van der Waals surface area contributed by atoms with Gasteiger partial charge >= 0.3 is 0 Å². The van der Waals surface area contributed by atoms with Gasteiger partial charge in [0.05, 0.1) is 6.61 Å². The van der Waals surface area contributed by atoms with Crippen LogP contribution in [0.4, 0.5) is 0 Å². The first-order chi connectivity index (χ1) is 10.1. The molecule has 1 aromatic heterocycles. The van der Waals surface area contributed by atoms with E-state index >= 15 is 0 Å². The molecule has 0 fully saturated rings. The Hall–Kier alpha value is -2.60. The Bertz CT molecular complexity index is 656. The zero-order valence-electron chi connectivity index (χ0n) is 11.9. The van der Waals surface area contributed by atoms with Crippen LogP contribution in [0.25, 0.3) is 0 Å². The van der Waals surface area contributed by atoms with Crippen molar-refractivity contribution in [3.63, 3.8) is 0 Å². The third kappa shape index (κ3) is 3.93.